The molecule has 2 saturated carbocycles. The molecule has 1 aliphatic heterocycles. The maximum atomic E-state index is 13.2. The summed E-state index contributed by atoms with van der Waals surface area (Å²) in [5, 5.41) is 3.17. The summed E-state index contributed by atoms with van der Waals surface area (Å²) in [6, 6.07) is 5.35. The van der Waals surface area contributed by atoms with Gasteiger partial charge in [-0.1, -0.05) is 25.3 Å². The van der Waals surface area contributed by atoms with Gasteiger partial charge in [-0.15, -0.1) is 0 Å². The zero-order valence-corrected chi connectivity index (χ0v) is 16.9. The van der Waals surface area contributed by atoms with Crippen molar-refractivity contribution in [2.24, 2.45) is 11.8 Å². The highest BCUT2D eigenvalue weighted by Crippen LogP contribution is 2.44. The van der Waals surface area contributed by atoms with Gasteiger partial charge in [-0.2, -0.15) is 4.31 Å². The fraction of sp³-hybridized carbons (Fsp3) is 0.667. The average molecular weight is 391 g/mol. The standard InChI is InChI=1S/C21H30N2O3S/c1-15-6-8-18(21(24)22-19-13-16-7-9-17(19)12-16)14-20(15)27(25,26)23-10-4-2-3-5-11-23/h6,8,14,16-17,19H,2-5,7,9-13H2,1H3,(H,22,24)/t16-,17+,19+/m0/s1. The molecule has 0 radical (unpaired) electrons. The highest BCUT2D eigenvalue weighted by Gasteiger charge is 2.40. The number of carbonyl (C=O) groups is 1. The third-order valence-electron chi connectivity index (χ3n) is 6.69. The molecule has 0 aromatic heterocycles. The number of rotatable bonds is 4. The zero-order chi connectivity index (χ0) is 19.0. The zero-order valence-electron chi connectivity index (χ0n) is 16.1. The van der Waals surface area contributed by atoms with Crippen molar-refractivity contribution in [1.82, 2.24) is 9.62 Å². The van der Waals surface area contributed by atoms with Crippen molar-refractivity contribution in [3.63, 3.8) is 0 Å². The van der Waals surface area contributed by atoms with Crippen LogP contribution in [0.4, 0.5) is 0 Å². The minimum Gasteiger partial charge on any atom is -0.349 e. The molecule has 2 aliphatic carbocycles. The Labute approximate surface area is 162 Å². The molecule has 5 nitrogen and oxygen atoms in total. The van der Waals surface area contributed by atoms with Gasteiger partial charge < -0.3 is 5.32 Å². The van der Waals surface area contributed by atoms with Crippen LogP contribution in [0.2, 0.25) is 0 Å². The van der Waals surface area contributed by atoms with E-state index in [0.717, 1.165) is 38.0 Å². The highest BCUT2D eigenvalue weighted by molar-refractivity contribution is 7.89. The SMILES string of the molecule is Cc1ccc(C(=O)N[C@@H]2C[C@H]3CC[C@@H]2C3)cc1S(=O)(=O)N1CCCCCC1. The second-order valence-corrected chi connectivity index (χ2v) is 10.5. The summed E-state index contributed by atoms with van der Waals surface area (Å²) < 4.78 is 28.0. The van der Waals surface area contributed by atoms with Crippen molar-refractivity contribution in [3.8, 4) is 0 Å². The first-order valence-corrected chi connectivity index (χ1v) is 11.8. The van der Waals surface area contributed by atoms with Crippen molar-refractivity contribution >= 4 is 15.9 Å². The van der Waals surface area contributed by atoms with Crippen LogP contribution in [0.25, 0.3) is 0 Å². The lowest BCUT2D eigenvalue weighted by Crippen LogP contribution is -2.38. The fourth-order valence-electron chi connectivity index (χ4n) is 5.11. The molecule has 27 heavy (non-hydrogen) atoms. The number of carbonyl (C=O) groups excluding carboxylic acids is 1. The molecule has 0 spiro atoms. The number of amides is 1. The van der Waals surface area contributed by atoms with E-state index in [1.807, 2.05) is 6.92 Å². The Bertz CT molecular complexity index is 813. The van der Waals surface area contributed by atoms with Gasteiger partial charge in [-0.25, -0.2) is 8.42 Å². The van der Waals surface area contributed by atoms with E-state index in [1.54, 1.807) is 22.5 Å². The van der Waals surface area contributed by atoms with Crippen molar-refractivity contribution < 1.29 is 13.2 Å². The number of fused-ring (bicyclic) bond motifs is 2. The quantitative estimate of drug-likeness (QED) is 0.856. The number of hydrogen-bond acceptors (Lipinski definition) is 3. The maximum Gasteiger partial charge on any atom is 0.251 e. The van der Waals surface area contributed by atoms with Crippen LogP contribution in [0.5, 0.6) is 0 Å². The molecule has 1 saturated heterocycles. The first-order valence-electron chi connectivity index (χ1n) is 10.4. The number of sulfonamides is 1. The minimum atomic E-state index is -3.55. The smallest absolute Gasteiger partial charge is 0.251 e. The van der Waals surface area contributed by atoms with E-state index < -0.39 is 10.0 Å². The molecule has 1 heterocycles. The summed E-state index contributed by atoms with van der Waals surface area (Å²) in [5.74, 6) is 1.22. The van der Waals surface area contributed by atoms with Gasteiger partial charge in [-0.3, -0.25) is 4.79 Å². The Kier molecular flexibility index (Phi) is 5.30. The third-order valence-corrected chi connectivity index (χ3v) is 8.73. The van der Waals surface area contributed by atoms with E-state index in [9.17, 15) is 13.2 Å². The van der Waals surface area contributed by atoms with Crippen molar-refractivity contribution in [3.05, 3.63) is 29.3 Å². The van der Waals surface area contributed by atoms with Gasteiger partial charge in [-0.05, 0) is 68.6 Å². The lowest BCUT2D eigenvalue weighted by molar-refractivity contribution is 0.0922. The lowest BCUT2D eigenvalue weighted by atomic mass is 9.95. The van der Waals surface area contributed by atoms with Crippen molar-refractivity contribution in [1.29, 1.82) is 0 Å². The predicted octanol–water partition coefficient (Wildman–Crippen LogP) is 3.48. The van der Waals surface area contributed by atoms with Crippen LogP contribution in [-0.4, -0.2) is 37.8 Å². The summed E-state index contributed by atoms with van der Waals surface area (Å²) >= 11 is 0. The molecule has 1 N–H and O–H groups in total. The monoisotopic (exact) mass is 390 g/mol. The summed E-state index contributed by atoms with van der Waals surface area (Å²) in [5.41, 5.74) is 1.16. The maximum absolute atomic E-state index is 13.2. The second-order valence-electron chi connectivity index (χ2n) is 8.55. The normalized spacial score (nSPS) is 28.9. The average Bonchev–Trinajstić information content (AvgIpc) is 3.14. The summed E-state index contributed by atoms with van der Waals surface area (Å²) in [6.07, 6.45) is 8.77. The molecule has 3 atom stereocenters. The van der Waals surface area contributed by atoms with Crippen LogP contribution in [0.15, 0.2) is 23.1 Å². The molecule has 2 bridgehead atoms. The van der Waals surface area contributed by atoms with Crippen molar-refractivity contribution in [2.45, 2.75) is 69.2 Å². The van der Waals surface area contributed by atoms with E-state index in [0.29, 0.717) is 30.1 Å². The molecule has 0 unspecified atom stereocenters. The first-order chi connectivity index (χ1) is 12.9. The van der Waals surface area contributed by atoms with Crippen LogP contribution >= 0.6 is 0 Å². The Morgan fingerprint density at radius 2 is 1.81 bits per heavy atom. The van der Waals surface area contributed by atoms with Gasteiger partial charge in [0.15, 0.2) is 0 Å². The van der Waals surface area contributed by atoms with Crippen LogP contribution < -0.4 is 5.32 Å². The summed E-state index contributed by atoms with van der Waals surface area (Å²) in [4.78, 5) is 13.1. The Balaban J connectivity index is 1.54. The molecule has 6 heteroatoms. The van der Waals surface area contributed by atoms with E-state index in [4.69, 9.17) is 0 Å². The van der Waals surface area contributed by atoms with Crippen LogP contribution in [0, 0.1) is 18.8 Å². The third kappa shape index (κ3) is 3.79. The van der Waals surface area contributed by atoms with Gasteiger partial charge in [0.05, 0.1) is 4.90 Å². The van der Waals surface area contributed by atoms with Gasteiger partial charge in [0.1, 0.15) is 0 Å². The first kappa shape index (κ1) is 18.9. The Morgan fingerprint density at radius 3 is 2.44 bits per heavy atom. The minimum absolute atomic E-state index is 0.139. The topological polar surface area (TPSA) is 66.5 Å². The van der Waals surface area contributed by atoms with Crippen LogP contribution in [0.3, 0.4) is 0 Å². The molecular formula is C21H30N2O3S. The molecule has 4 rings (SSSR count). The summed E-state index contributed by atoms with van der Waals surface area (Å²) in [7, 11) is -3.55. The number of benzene rings is 1. The molecule has 3 aliphatic rings. The highest BCUT2D eigenvalue weighted by atomic mass is 32.2. The Morgan fingerprint density at radius 1 is 1.07 bits per heavy atom. The largest absolute Gasteiger partial charge is 0.349 e. The number of aryl methyl sites for hydroxylation is 1. The number of hydrogen-bond donors (Lipinski definition) is 1. The van der Waals surface area contributed by atoms with Gasteiger partial charge in [0, 0.05) is 24.7 Å². The van der Waals surface area contributed by atoms with E-state index in [1.165, 1.54) is 19.3 Å². The molecule has 1 aromatic rings. The molecular weight excluding hydrogens is 360 g/mol. The van der Waals surface area contributed by atoms with E-state index >= 15 is 0 Å². The van der Waals surface area contributed by atoms with Crippen LogP contribution in [-0.2, 0) is 10.0 Å². The molecule has 1 aromatic carbocycles. The fourth-order valence-corrected chi connectivity index (χ4v) is 6.88. The lowest BCUT2D eigenvalue weighted by Gasteiger charge is -2.24. The van der Waals surface area contributed by atoms with E-state index in [2.05, 4.69) is 5.32 Å². The molecule has 3 fully saturated rings. The summed E-state index contributed by atoms with van der Waals surface area (Å²) in [6.45, 7) is 2.95. The van der Waals surface area contributed by atoms with E-state index in [-0.39, 0.29) is 16.8 Å². The van der Waals surface area contributed by atoms with Crippen molar-refractivity contribution in [2.75, 3.05) is 13.1 Å². The van der Waals surface area contributed by atoms with Gasteiger partial charge in [0.2, 0.25) is 10.0 Å². The van der Waals surface area contributed by atoms with Gasteiger partial charge in [0.25, 0.3) is 5.91 Å². The molecule has 148 valence electrons. The second kappa shape index (κ2) is 7.55. The number of nitrogens with one attached hydrogen (secondary N) is 1. The Hall–Kier alpha value is -1.40. The predicted molar refractivity (Wildman–Crippen MR) is 105 cm³/mol. The van der Waals surface area contributed by atoms with Gasteiger partial charge >= 0.3 is 0 Å². The molecule has 1 amide bonds. The number of nitrogens with zero attached hydrogens (tertiary/aromatic N) is 1. The van der Waals surface area contributed by atoms with Crippen LogP contribution in [0.1, 0.15) is 67.3 Å².